The molecule has 202 valence electrons. The highest BCUT2D eigenvalue weighted by atomic mass is 32.2. The molecule has 1 unspecified atom stereocenters. The molecular weight excluding hydrogens is 530 g/mol. The average Bonchev–Trinajstić information content (AvgIpc) is 2.88. The quantitative estimate of drug-likeness (QED) is 0.295. The number of carbonyl (C=O) groups is 1. The number of ether oxygens (including phenoxy) is 3. The fourth-order valence-corrected chi connectivity index (χ4v) is 4.54. The number of para-hydroxylation sites is 1. The van der Waals surface area contributed by atoms with E-state index in [0.717, 1.165) is 12.8 Å². The van der Waals surface area contributed by atoms with Crippen LogP contribution < -0.4 is 29.6 Å². The lowest BCUT2D eigenvalue weighted by Gasteiger charge is -2.17. The zero-order valence-corrected chi connectivity index (χ0v) is 23.0. The van der Waals surface area contributed by atoms with Crippen molar-refractivity contribution in [3.05, 3.63) is 60.2 Å². The number of thiocarbonyl (C=S) groups is 1. The van der Waals surface area contributed by atoms with Crippen LogP contribution in [0.25, 0.3) is 0 Å². The van der Waals surface area contributed by atoms with Crippen LogP contribution in [0.4, 0.5) is 11.5 Å². The van der Waals surface area contributed by atoms with Gasteiger partial charge in [0.15, 0.2) is 10.9 Å². The number of benzene rings is 2. The number of anilines is 2. The first-order valence-corrected chi connectivity index (χ1v) is 13.5. The van der Waals surface area contributed by atoms with Crippen LogP contribution >= 0.6 is 12.2 Å². The molecule has 0 bridgehead atoms. The average molecular weight is 560 g/mol. The maximum atomic E-state index is 12.8. The van der Waals surface area contributed by atoms with E-state index in [-0.39, 0.29) is 33.8 Å². The normalized spacial score (nSPS) is 11.7. The van der Waals surface area contributed by atoms with Gasteiger partial charge in [-0.25, -0.2) is 8.42 Å². The fraction of sp³-hybridized carbons (Fsp3) is 0.280. The third-order valence-corrected chi connectivity index (χ3v) is 6.69. The molecule has 3 rings (SSSR count). The van der Waals surface area contributed by atoms with Crippen LogP contribution in [0.5, 0.6) is 17.6 Å². The number of rotatable bonds is 11. The van der Waals surface area contributed by atoms with Crippen LogP contribution in [0.2, 0.25) is 0 Å². The summed E-state index contributed by atoms with van der Waals surface area (Å²) in [6.45, 7) is 4.01. The summed E-state index contributed by atoms with van der Waals surface area (Å²) in [5.74, 6) is 0.151. The molecule has 0 aliphatic heterocycles. The maximum Gasteiger partial charge on any atom is 0.321 e. The number of carbonyl (C=O) groups excluding carboxylic acids is 1. The van der Waals surface area contributed by atoms with Crippen molar-refractivity contribution in [2.45, 2.75) is 37.7 Å². The highest BCUT2D eigenvalue weighted by Gasteiger charge is 2.18. The zero-order valence-electron chi connectivity index (χ0n) is 21.3. The Balaban J connectivity index is 1.65. The lowest BCUT2D eigenvalue weighted by molar-refractivity contribution is 0.0970. The maximum absolute atomic E-state index is 12.8. The van der Waals surface area contributed by atoms with Gasteiger partial charge in [-0.05, 0) is 62.0 Å². The van der Waals surface area contributed by atoms with Crippen molar-refractivity contribution in [1.29, 1.82) is 0 Å². The minimum Gasteiger partial charge on any atom is -0.490 e. The van der Waals surface area contributed by atoms with Gasteiger partial charge in [-0.3, -0.25) is 14.8 Å². The van der Waals surface area contributed by atoms with Crippen molar-refractivity contribution < 1.29 is 27.4 Å². The number of sulfonamides is 1. The van der Waals surface area contributed by atoms with Crippen molar-refractivity contribution in [2.75, 3.05) is 24.3 Å². The number of nitrogens with zero attached hydrogens (tertiary/aromatic N) is 2. The Morgan fingerprint density at radius 2 is 1.76 bits per heavy atom. The minimum absolute atomic E-state index is 0.0202. The van der Waals surface area contributed by atoms with E-state index in [1.165, 1.54) is 44.6 Å². The molecule has 1 aromatic heterocycles. The number of nitrogens with one attached hydrogen (secondary N) is 3. The van der Waals surface area contributed by atoms with Gasteiger partial charge in [0.25, 0.3) is 15.9 Å². The topological polar surface area (TPSA) is 141 Å². The summed E-state index contributed by atoms with van der Waals surface area (Å²) in [6, 6.07) is 14.0. The Morgan fingerprint density at radius 1 is 1.05 bits per heavy atom. The molecular formula is C25H29N5O6S2. The van der Waals surface area contributed by atoms with Gasteiger partial charge >= 0.3 is 6.01 Å². The Morgan fingerprint density at radius 3 is 2.42 bits per heavy atom. The summed E-state index contributed by atoms with van der Waals surface area (Å²) in [7, 11) is -1.24. The second-order valence-electron chi connectivity index (χ2n) is 8.03. The summed E-state index contributed by atoms with van der Waals surface area (Å²) in [5.41, 5.74) is 0.825. The Kier molecular flexibility index (Phi) is 9.79. The second kappa shape index (κ2) is 13.0. The first kappa shape index (κ1) is 28.6. The molecule has 0 saturated carbocycles. The third kappa shape index (κ3) is 7.76. The molecule has 1 amide bonds. The number of aromatic nitrogens is 2. The summed E-state index contributed by atoms with van der Waals surface area (Å²) in [6.07, 6.45) is 1.78. The van der Waals surface area contributed by atoms with E-state index in [4.69, 9.17) is 26.4 Å². The number of methoxy groups -OCH3 is 2. The van der Waals surface area contributed by atoms with Gasteiger partial charge in [-0.1, -0.05) is 25.5 Å². The van der Waals surface area contributed by atoms with Gasteiger partial charge in [0, 0.05) is 11.8 Å². The van der Waals surface area contributed by atoms with Crippen LogP contribution in [0.15, 0.2) is 59.5 Å². The number of hydrogen-bond donors (Lipinski definition) is 3. The van der Waals surface area contributed by atoms with Gasteiger partial charge in [-0.15, -0.1) is 0 Å². The largest absolute Gasteiger partial charge is 0.490 e. The van der Waals surface area contributed by atoms with E-state index < -0.39 is 15.9 Å². The molecule has 3 N–H and O–H groups in total. The van der Waals surface area contributed by atoms with Gasteiger partial charge < -0.3 is 19.5 Å². The first-order chi connectivity index (χ1) is 18.1. The van der Waals surface area contributed by atoms with Crippen molar-refractivity contribution in [2.24, 2.45) is 0 Å². The molecule has 3 aromatic rings. The van der Waals surface area contributed by atoms with E-state index in [2.05, 4.69) is 32.2 Å². The molecule has 2 aromatic carbocycles. The SMILES string of the molecule is CCCC(C)Oc1ccccc1C(=O)NC(=S)Nc1ccc(S(=O)(=O)Nc2cc(OC)nc(OC)n2)cc1. The Hall–Kier alpha value is -3.97. The van der Waals surface area contributed by atoms with Crippen LogP contribution in [0.3, 0.4) is 0 Å². The molecule has 11 nitrogen and oxygen atoms in total. The Bertz CT molecular complexity index is 1360. The molecule has 0 radical (unpaired) electrons. The molecule has 0 fully saturated rings. The van der Waals surface area contributed by atoms with Gasteiger partial charge in [0.2, 0.25) is 5.88 Å². The predicted molar refractivity (Wildman–Crippen MR) is 148 cm³/mol. The molecule has 1 atom stereocenters. The standard InChI is InChI=1S/C25H29N5O6S2/c1-5-8-16(2)36-20-10-7-6-9-19(20)23(31)29-25(37)26-17-11-13-18(14-12-17)38(32,33)30-21-15-22(34-3)28-24(27-21)35-4/h6-7,9-16H,5,8H2,1-4H3,(H,27,28,30)(H2,26,29,31,37). The molecule has 1 heterocycles. The van der Waals surface area contributed by atoms with Crippen LogP contribution in [0, 0.1) is 0 Å². The fourth-order valence-electron chi connectivity index (χ4n) is 3.34. The minimum atomic E-state index is -3.98. The first-order valence-electron chi connectivity index (χ1n) is 11.6. The zero-order chi connectivity index (χ0) is 27.7. The molecule has 0 aliphatic carbocycles. The van der Waals surface area contributed by atoms with Crippen LogP contribution in [0.1, 0.15) is 37.0 Å². The van der Waals surface area contributed by atoms with E-state index in [0.29, 0.717) is 17.0 Å². The van der Waals surface area contributed by atoms with E-state index in [1.54, 1.807) is 24.3 Å². The third-order valence-electron chi connectivity index (χ3n) is 5.12. The summed E-state index contributed by atoms with van der Waals surface area (Å²) < 4.78 is 43.9. The van der Waals surface area contributed by atoms with E-state index in [1.807, 2.05) is 6.92 Å². The van der Waals surface area contributed by atoms with Crippen molar-refractivity contribution >= 4 is 44.8 Å². The van der Waals surface area contributed by atoms with Gasteiger partial charge in [0.05, 0.1) is 30.8 Å². The second-order valence-corrected chi connectivity index (χ2v) is 10.1. The number of amides is 1. The molecule has 0 aliphatic rings. The number of hydrogen-bond acceptors (Lipinski definition) is 9. The molecule has 0 spiro atoms. The van der Waals surface area contributed by atoms with Crippen LogP contribution in [-0.4, -0.2) is 49.7 Å². The summed E-state index contributed by atoms with van der Waals surface area (Å²) in [4.78, 5) is 20.7. The van der Waals surface area contributed by atoms with Crippen LogP contribution in [-0.2, 0) is 10.0 Å². The lowest BCUT2D eigenvalue weighted by Crippen LogP contribution is -2.34. The van der Waals surface area contributed by atoms with Crippen molar-refractivity contribution in [3.63, 3.8) is 0 Å². The molecule has 13 heteroatoms. The monoisotopic (exact) mass is 559 g/mol. The lowest BCUT2D eigenvalue weighted by atomic mass is 10.1. The summed E-state index contributed by atoms with van der Waals surface area (Å²) >= 11 is 5.27. The molecule has 38 heavy (non-hydrogen) atoms. The highest BCUT2D eigenvalue weighted by Crippen LogP contribution is 2.22. The Labute approximate surface area is 227 Å². The highest BCUT2D eigenvalue weighted by molar-refractivity contribution is 7.92. The van der Waals surface area contributed by atoms with Gasteiger partial charge in [-0.2, -0.15) is 9.97 Å². The predicted octanol–water partition coefficient (Wildman–Crippen LogP) is 3.99. The van der Waals surface area contributed by atoms with E-state index >= 15 is 0 Å². The van der Waals surface area contributed by atoms with Gasteiger partial charge in [0.1, 0.15) is 5.75 Å². The van der Waals surface area contributed by atoms with Crippen molar-refractivity contribution in [3.8, 4) is 17.6 Å². The molecule has 0 saturated heterocycles. The smallest absolute Gasteiger partial charge is 0.321 e. The summed E-state index contributed by atoms with van der Waals surface area (Å²) in [5, 5.41) is 5.54. The van der Waals surface area contributed by atoms with Crippen molar-refractivity contribution in [1.82, 2.24) is 15.3 Å². The van der Waals surface area contributed by atoms with E-state index in [9.17, 15) is 13.2 Å².